The molecule has 1 rings (SSSR count). The van der Waals surface area contributed by atoms with Crippen molar-refractivity contribution in [1.29, 1.82) is 0 Å². The van der Waals surface area contributed by atoms with E-state index in [9.17, 15) is 9.90 Å². The van der Waals surface area contributed by atoms with Gasteiger partial charge in [-0.1, -0.05) is 30.3 Å². The lowest BCUT2D eigenvalue weighted by Gasteiger charge is -2.27. The van der Waals surface area contributed by atoms with Gasteiger partial charge >= 0.3 is 6.09 Å². The van der Waals surface area contributed by atoms with Gasteiger partial charge in [0, 0.05) is 19.6 Å². The van der Waals surface area contributed by atoms with Gasteiger partial charge in [-0.15, -0.1) is 0 Å². The molecule has 0 aromatic heterocycles. The highest BCUT2D eigenvalue weighted by atomic mass is 16.6. The summed E-state index contributed by atoms with van der Waals surface area (Å²) in [6.45, 7) is 7.51. The first-order valence-electron chi connectivity index (χ1n) is 8.74. The summed E-state index contributed by atoms with van der Waals surface area (Å²) in [7, 11) is 4.00. The zero-order chi connectivity index (χ0) is 18.9. The molecule has 0 heterocycles. The fourth-order valence-corrected chi connectivity index (χ4v) is 2.31. The van der Waals surface area contributed by atoms with Crippen molar-refractivity contribution in [3.63, 3.8) is 0 Å². The second-order valence-corrected chi connectivity index (χ2v) is 7.52. The zero-order valence-electron chi connectivity index (χ0n) is 16.1. The largest absolute Gasteiger partial charge is 0.444 e. The minimum Gasteiger partial charge on any atom is -0.444 e. The Hall–Kier alpha value is -1.63. The molecule has 0 bridgehead atoms. The van der Waals surface area contributed by atoms with Crippen molar-refractivity contribution < 1.29 is 14.6 Å². The number of benzene rings is 1. The van der Waals surface area contributed by atoms with Crippen LogP contribution in [0.1, 0.15) is 26.3 Å². The van der Waals surface area contributed by atoms with Gasteiger partial charge in [-0.2, -0.15) is 0 Å². The van der Waals surface area contributed by atoms with E-state index in [-0.39, 0.29) is 0 Å². The molecule has 1 aromatic rings. The predicted molar refractivity (Wildman–Crippen MR) is 101 cm³/mol. The van der Waals surface area contributed by atoms with Crippen molar-refractivity contribution in [2.45, 2.75) is 44.9 Å². The molecule has 0 fully saturated rings. The number of aliphatic hydroxyl groups excluding tert-OH is 1. The van der Waals surface area contributed by atoms with E-state index >= 15 is 0 Å². The minimum atomic E-state index is -0.713. The van der Waals surface area contributed by atoms with Gasteiger partial charge in [0.1, 0.15) is 5.60 Å². The standard InChI is InChI=1S/C19H33N3O3/c1-19(2,3)25-18(24)21-16(13-15-9-7-6-8-10-15)17(23)14-20-11-12-22(4)5/h6-10,16-17,20,23H,11-14H2,1-5H3,(H,21,24)/t16-,17+/m0/s1. The second kappa shape index (κ2) is 10.4. The molecule has 2 atom stereocenters. The Balaban J connectivity index is 2.64. The minimum absolute atomic E-state index is 0.404. The number of nitrogens with one attached hydrogen (secondary N) is 2. The number of ether oxygens (including phenoxy) is 1. The monoisotopic (exact) mass is 351 g/mol. The van der Waals surface area contributed by atoms with Gasteiger partial charge in [0.2, 0.25) is 0 Å². The van der Waals surface area contributed by atoms with E-state index in [0.29, 0.717) is 13.0 Å². The van der Waals surface area contributed by atoms with E-state index in [0.717, 1.165) is 18.7 Å². The molecule has 25 heavy (non-hydrogen) atoms. The van der Waals surface area contributed by atoms with Gasteiger partial charge in [0.05, 0.1) is 12.1 Å². The summed E-state index contributed by atoms with van der Waals surface area (Å²) in [5.41, 5.74) is 0.479. The van der Waals surface area contributed by atoms with Crippen LogP contribution in [0, 0.1) is 0 Å². The Kier molecular flexibility index (Phi) is 8.89. The molecule has 0 saturated heterocycles. The Bertz CT molecular complexity index is 500. The van der Waals surface area contributed by atoms with Crippen LogP contribution in [0.25, 0.3) is 0 Å². The molecule has 0 spiro atoms. The molecule has 0 unspecified atom stereocenters. The van der Waals surface area contributed by atoms with Gasteiger partial charge in [-0.3, -0.25) is 0 Å². The van der Waals surface area contributed by atoms with Crippen LogP contribution < -0.4 is 10.6 Å². The van der Waals surface area contributed by atoms with Crippen LogP contribution in [0.4, 0.5) is 4.79 Å². The topological polar surface area (TPSA) is 73.8 Å². The van der Waals surface area contributed by atoms with E-state index in [1.807, 2.05) is 65.2 Å². The van der Waals surface area contributed by atoms with E-state index in [4.69, 9.17) is 4.74 Å². The number of hydrogen-bond acceptors (Lipinski definition) is 5. The lowest BCUT2D eigenvalue weighted by molar-refractivity contribution is 0.0422. The summed E-state index contributed by atoms with van der Waals surface area (Å²) in [5, 5.41) is 16.6. The van der Waals surface area contributed by atoms with Crippen LogP contribution in [0.15, 0.2) is 30.3 Å². The number of alkyl carbamates (subject to hydrolysis) is 1. The molecule has 1 aromatic carbocycles. The highest BCUT2D eigenvalue weighted by molar-refractivity contribution is 5.68. The van der Waals surface area contributed by atoms with Crippen LogP contribution in [-0.4, -0.2) is 67.6 Å². The van der Waals surface area contributed by atoms with Gasteiger partial charge in [-0.05, 0) is 46.9 Å². The van der Waals surface area contributed by atoms with Gasteiger partial charge in [0.15, 0.2) is 0 Å². The molecule has 3 N–H and O–H groups in total. The first kappa shape index (κ1) is 21.4. The smallest absolute Gasteiger partial charge is 0.407 e. The molecule has 0 aliphatic carbocycles. The molecule has 6 nitrogen and oxygen atoms in total. The van der Waals surface area contributed by atoms with Crippen molar-refractivity contribution in [3.8, 4) is 0 Å². The summed E-state index contributed by atoms with van der Waals surface area (Å²) >= 11 is 0. The molecule has 142 valence electrons. The number of amides is 1. The quantitative estimate of drug-likeness (QED) is 0.590. The van der Waals surface area contributed by atoms with E-state index in [1.54, 1.807) is 0 Å². The maximum absolute atomic E-state index is 12.1. The predicted octanol–water partition coefficient (Wildman–Crippen LogP) is 1.63. The van der Waals surface area contributed by atoms with Crippen molar-refractivity contribution >= 4 is 6.09 Å². The van der Waals surface area contributed by atoms with Crippen LogP contribution >= 0.6 is 0 Å². The fraction of sp³-hybridized carbons (Fsp3) is 0.632. The molecular formula is C19H33N3O3. The first-order chi connectivity index (χ1) is 11.7. The van der Waals surface area contributed by atoms with Crippen molar-refractivity contribution in [3.05, 3.63) is 35.9 Å². The Morgan fingerprint density at radius 3 is 2.44 bits per heavy atom. The average molecular weight is 351 g/mol. The first-order valence-corrected chi connectivity index (χ1v) is 8.74. The third-order valence-electron chi connectivity index (χ3n) is 3.55. The SMILES string of the molecule is CN(C)CCNC[C@@H](O)[C@H](Cc1ccccc1)NC(=O)OC(C)(C)C. The summed E-state index contributed by atoms with van der Waals surface area (Å²) < 4.78 is 5.32. The number of nitrogens with zero attached hydrogens (tertiary/aromatic N) is 1. The Morgan fingerprint density at radius 2 is 1.88 bits per heavy atom. The van der Waals surface area contributed by atoms with Crippen molar-refractivity contribution in [2.24, 2.45) is 0 Å². The summed E-state index contributed by atoms with van der Waals surface area (Å²) in [6.07, 6.45) is -0.688. The summed E-state index contributed by atoms with van der Waals surface area (Å²) in [4.78, 5) is 14.2. The lowest BCUT2D eigenvalue weighted by atomic mass is 10.0. The molecule has 1 amide bonds. The number of carbonyl (C=O) groups excluding carboxylic acids is 1. The number of aliphatic hydroxyl groups is 1. The van der Waals surface area contributed by atoms with E-state index < -0.39 is 23.8 Å². The molecule has 6 heteroatoms. The summed E-state index contributed by atoms with van der Waals surface area (Å²) in [5.74, 6) is 0. The molecule has 0 aliphatic rings. The van der Waals surface area contributed by atoms with E-state index in [1.165, 1.54) is 0 Å². The molecule has 0 radical (unpaired) electrons. The van der Waals surface area contributed by atoms with Gasteiger partial charge in [0.25, 0.3) is 0 Å². The third kappa shape index (κ3) is 10.1. The van der Waals surface area contributed by atoms with Crippen LogP contribution in [-0.2, 0) is 11.2 Å². The van der Waals surface area contributed by atoms with E-state index in [2.05, 4.69) is 15.5 Å². The molecular weight excluding hydrogens is 318 g/mol. The van der Waals surface area contributed by atoms with Crippen molar-refractivity contribution in [1.82, 2.24) is 15.5 Å². The average Bonchev–Trinajstić information content (AvgIpc) is 2.49. The van der Waals surface area contributed by atoms with Crippen molar-refractivity contribution in [2.75, 3.05) is 33.7 Å². The zero-order valence-corrected chi connectivity index (χ0v) is 16.1. The number of carbonyl (C=O) groups is 1. The van der Waals surface area contributed by atoms with Crippen LogP contribution in [0.3, 0.4) is 0 Å². The lowest BCUT2D eigenvalue weighted by Crippen LogP contribution is -2.50. The highest BCUT2D eigenvalue weighted by Gasteiger charge is 2.24. The third-order valence-corrected chi connectivity index (χ3v) is 3.55. The van der Waals surface area contributed by atoms with Gasteiger partial charge < -0.3 is 25.4 Å². The fourth-order valence-electron chi connectivity index (χ4n) is 2.31. The number of likely N-dealkylation sites (N-methyl/N-ethyl adjacent to an activating group) is 1. The number of hydrogen-bond donors (Lipinski definition) is 3. The van der Waals surface area contributed by atoms with Crippen LogP contribution in [0.2, 0.25) is 0 Å². The Labute approximate surface area is 151 Å². The number of rotatable bonds is 9. The molecule has 0 saturated carbocycles. The maximum atomic E-state index is 12.1. The summed E-state index contributed by atoms with van der Waals surface area (Å²) in [6, 6.07) is 9.37. The molecule has 0 aliphatic heterocycles. The highest BCUT2D eigenvalue weighted by Crippen LogP contribution is 2.10. The maximum Gasteiger partial charge on any atom is 0.407 e. The normalized spacial score (nSPS) is 14.2. The van der Waals surface area contributed by atoms with Gasteiger partial charge in [-0.25, -0.2) is 4.79 Å². The Morgan fingerprint density at radius 1 is 1.24 bits per heavy atom. The second-order valence-electron chi connectivity index (χ2n) is 7.52. The van der Waals surface area contributed by atoms with Crippen LogP contribution in [0.5, 0.6) is 0 Å².